The Balaban J connectivity index is 1.70. The summed E-state index contributed by atoms with van der Waals surface area (Å²) in [5.41, 5.74) is 2.52. The van der Waals surface area contributed by atoms with Crippen molar-refractivity contribution >= 4 is 33.2 Å². The topological polar surface area (TPSA) is 95.6 Å². The third-order valence-corrected chi connectivity index (χ3v) is 7.11. The lowest BCUT2D eigenvalue weighted by Crippen LogP contribution is -2.44. The summed E-state index contributed by atoms with van der Waals surface area (Å²) in [6.07, 6.45) is 1.10. The Kier molecular flexibility index (Phi) is 7.00. The number of aryl methyl sites for hydroxylation is 1. The van der Waals surface area contributed by atoms with Gasteiger partial charge in [-0.25, -0.2) is 8.42 Å². The van der Waals surface area contributed by atoms with Crippen LogP contribution >= 0.6 is 0 Å². The molecule has 2 amide bonds. The number of nitrogens with one attached hydrogen (secondary N) is 2. The van der Waals surface area contributed by atoms with Crippen molar-refractivity contribution in [3.05, 3.63) is 59.7 Å². The molecular formula is C23H29N3O4S. The number of carbonyl (C=O) groups is 2. The van der Waals surface area contributed by atoms with Gasteiger partial charge in [0.25, 0.3) is 5.91 Å². The Morgan fingerprint density at radius 2 is 1.74 bits per heavy atom. The summed E-state index contributed by atoms with van der Waals surface area (Å²) in [6, 6.07) is 13.3. The minimum absolute atomic E-state index is 0.156. The van der Waals surface area contributed by atoms with Gasteiger partial charge in [-0.1, -0.05) is 32.0 Å². The zero-order chi connectivity index (χ0) is 22.6. The highest BCUT2D eigenvalue weighted by Gasteiger charge is 2.28. The van der Waals surface area contributed by atoms with Crippen molar-refractivity contribution in [1.82, 2.24) is 5.32 Å². The number of hydrogen-bond donors (Lipinski definition) is 2. The molecule has 7 nitrogen and oxygen atoms in total. The molecule has 0 aliphatic carbocycles. The largest absolute Gasteiger partial charge is 0.340 e. The lowest BCUT2D eigenvalue weighted by atomic mass is 10.0. The van der Waals surface area contributed by atoms with Crippen molar-refractivity contribution in [3.8, 4) is 0 Å². The second-order valence-electron chi connectivity index (χ2n) is 8.25. The predicted octanol–water partition coefficient (Wildman–Crippen LogP) is 3.32. The summed E-state index contributed by atoms with van der Waals surface area (Å²) in [5, 5.41) is 5.69. The molecule has 0 spiro atoms. The molecular weight excluding hydrogens is 414 g/mol. The first kappa shape index (κ1) is 22.8. The van der Waals surface area contributed by atoms with Gasteiger partial charge in [0, 0.05) is 17.8 Å². The number of amides is 2. The zero-order valence-electron chi connectivity index (χ0n) is 18.1. The van der Waals surface area contributed by atoms with E-state index in [0.29, 0.717) is 36.3 Å². The summed E-state index contributed by atoms with van der Waals surface area (Å²) >= 11 is 0. The molecule has 166 valence electrons. The van der Waals surface area contributed by atoms with E-state index in [2.05, 4.69) is 10.6 Å². The molecule has 31 heavy (non-hydrogen) atoms. The van der Waals surface area contributed by atoms with E-state index in [9.17, 15) is 18.0 Å². The molecule has 1 saturated heterocycles. The highest BCUT2D eigenvalue weighted by molar-refractivity contribution is 7.93. The van der Waals surface area contributed by atoms with Gasteiger partial charge in [-0.05, 0) is 61.6 Å². The van der Waals surface area contributed by atoms with Crippen LogP contribution in [0.3, 0.4) is 0 Å². The van der Waals surface area contributed by atoms with Crippen molar-refractivity contribution in [3.63, 3.8) is 0 Å². The van der Waals surface area contributed by atoms with Crippen molar-refractivity contribution in [2.75, 3.05) is 21.9 Å². The maximum Gasteiger partial charge on any atom is 0.252 e. The minimum Gasteiger partial charge on any atom is -0.340 e. The molecule has 1 fully saturated rings. The van der Waals surface area contributed by atoms with E-state index in [-0.39, 0.29) is 23.5 Å². The minimum atomic E-state index is -3.25. The van der Waals surface area contributed by atoms with E-state index in [0.717, 1.165) is 5.56 Å². The Bertz CT molecular complexity index is 1050. The highest BCUT2D eigenvalue weighted by atomic mass is 32.2. The van der Waals surface area contributed by atoms with Crippen molar-refractivity contribution in [2.24, 2.45) is 5.92 Å². The molecule has 0 bridgehead atoms. The van der Waals surface area contributed by atoms with E-state index in [1.54, 1.807) is 36.4 Å². The summed E-state index contributed by atoms with van der Waals surface area (Å²) in [6.45, 7) is 6.31. The smallest absolute Gasteiger partial charge is 0.252 e. The number of carbonyl (C=O) groups excluding carboxylic acids is 2. The molecule has 2 aromatic carbocycles. The number of sulfonamides is 1. The first-order valence-electron chi connectivity index (χ1n) is 10.4. The molecule has 1 aliphatic rings. The van der Waals surface area contributed by atoms with Crippen LogP contribution in [-0.4, -0.2) is 38.6 Å². The highest BCUT2D eigenvalue weighted by Crippen LogP contribution is 2.25. The molecule has 0 aromatic heterocycles. The molecule has 0 unspecified atom stereocenters. The fourth-order valence-electron chi connectivity index (χ4n) is 3.64. The molecule has 3 rings (SSSR count). The number of benzene rings is 2. The van der Waals surface area contributed by atoms with Gasteiger partial charge in [0.15, 0.2) is 0 Å². The van der Waals surface area contributed by atoms with Crippen LogP contribution in [0, 0.1) is 12.8 Å². The Hall–Kier alpha value is -2.87. The summed E-state index contributed by atoms with van der Waals surface area (Å²) in [5.74, 6) is -0.232. The molecule has 2 N–H and O–H groups in total. The van der Waals surface area contributed by atoms with Crippen molar-refractivity contribution < 1.29 is 18.0 Å². The molecule has 8 heteroatoms. The van der Waals surface area contributed by atoms with Crippen LogP contribution in [0.4, 0.5) is 11.4 Å². The van der Waals surface area contributed by atoms with Crippen LogP contribution in [0.15, 0.2) is 48.5 Å². The normalized spacial score (nSPS) is 16.2. The molecule has 2 aromatic rings. The fraction of sp³-hybridized carbons (Fsp3) is 0.391. The van der Waals surface area contributed by atoms with Crippen LogP contribution < -0.4 is 14.9 Å². The third-order valence-electron chi connectivity index (χ3n) is 5.24. The van der Waals surface area contributed by atoms with Gasteiger partial charge in [0.05, 0.1) is 11.4 Å². The average Bonchev–Trinajstić information content (AvgIpc) is 3.07. The maximum atomic E-state index is 12.9. The standard InChI is InChI=1S/C23H29N3O4S/c1-16(2)15-21(25-22(27)20-8-5-4-7-17(20)3)23(28)24-18-9-11-19(12-10-18)26-13-6-14-31(26,29)30/h4-5,7-12,16,21H,6,13-15H2,1-3H3,(H,24,28)(H,25,27)/t21-/m1/s1. The third kappa shape index (κ3) is 5.64. The van der Waals surface area contributed by atoms with Crippen LogP contribution in [0.2, 0.25) is 0 Å². The number of hydrogen-bond acceptors (Lipinski definition) is 4. The first-order valence-corrected chi connectivity index (χ1v) is 12.1. The van der Waals surface area contributed by atoms with Crippen LogP contribution in [0.25, 0.3) is 0 Å². The van der Waals surface area contributed by atoms with Gasteiger partial charge < -0.3 is 10.6 Å². The van der Waals surface area contributed by atoms with E-state index in [4.69, 9.17) is 0 Å². The van der Waals surface area contributed by atoms with Crippen LogP contribution in [-0.2, 0) is 14.8 Å². The zero-order valence-corrected chi connectivity index (χ0v) is 18.9. The van der Waals surface area contributed by atoms with Gasteiger partial charge in [-0.2, -0.15) is 0 Å². The average molecular weight is 444 g/mol. The summed E-state index contributed by atoms with van der Waals surface area (Å²) in [7, 11) is -3.25. The Labute approximate surface area is 183 Å². The first-order chi connectivity index (χ1) is 14.7. The Morgan fingerprint density at radius 1 is 1.06 bits per heavy atom. The van der Waals surface area contributed by atoms with Gasteiger partial charge >= 0.3 is 0 Å². The second kappa shape index (κ2) is 9.51. The lowest BCUT2D eigenvalue weighted by Gasteiger charge is -2.21. The van der Waals surface area contributed by atoms with Crippen LogP contribution in [0.1, 0.15) is 42.6 Å². The van der Waals surface area contributed by atoms with E-state index >= 15 is 0 Å². The van der Waals surface area contributed by atoms with Gasteiger partial charge in [-0.15, -0.1) is 0 Å². The van der Waals surface area contributed by atoms with E-state index in [1.165, 1.54) is 4.31 Å². The summed E-state index contributed by atoms with van der Waals surface area (Å²) < 4.78 is 25.5. The molecule has 1 heterocycles. The maximum absolute atomic E-state index is 12.9. The van der Waals surface area contributed by atoms with E-state index in [1.807, 2.05) is 32.9 Å². The van der Waals surface area contributed by atoms with Gasteiger partial charge in [0.2, 0.25) is 15.9 Å². The molecule has 0 saturated carbocycles. The Morgan fingerprint density at radius 3 is 2.32 bits per heavy atom. The predicted molar refractivity (Wildman–Crippen MR) is 123 cm³/mol. The fourth-order valence-corrected chi connectivity index (χ4v) is 5.20. The number of nitrogens with zero attached hydrogens (tertiary/aromatic N) is 1. The van der Waals surface area contributed by atoms with E-state index < -0.39 is 16.1 Å². The second-order valence-corrected chi connectivity index (χ2v) is 10.3. The number of anilines is 2. The van der Waals surface area contributed by atoms with Gasteiger partial charge in [0.1, 0.15) is 6.04 Å². The molecule has 0 radical (unpaired) electrons. The summed E-state index contributed by atoms with van der Waals surface area (Å²) in [4.78, 5) is 25.6. The number of rotatable bonds is 7. The quantitative estimate of drug-likeness (QED) is 0.686. The molecule has 1 atom stereocenters. The van der Waals surface area contributed by atoms with Crippen LogP contribution in [0.5, 0.6) is 0 Å². The molecule has 1 aliphatic heterocycles. The van der Waals surface area contributed by atoms with Crippen molar-refractivity contribution in [2.45, 2.75) is 39.7 Å². The van der Waals surface area contributed by atoms with Gasteiger partial charge in [-0.3, -0.25) is 13.9 Å². The monoisotopic (exact) mass is 443 g/mol. The SMILES string of the molecule is Cc1ccccc1C(=O)N[C@H](CC(C)C)C(=O)Nc1ccc(N2CCCS2(=O)=O)cc1. The van der Waals surface area contributed by atoms with Crippen molar-refractivity contribution in [1.29, 1.82) is 0 Å². The lowest BCUT2D eigenvalue weighted by molar-refractivity contribution is -0.118.